The minimum atomic E-state index is -0.0182. The first-order valence-electron chi connectivity index (χ1n) is 8.36. The van der Waals surface area contributed by atoms with Crippen molar-refractivity contribution in [3.05, 3.63) is 40.9 Å². The van der Waals surface area contributed by atoms with Gasteiger partial charge in [-0.25, -0.2) is 4.98 Å². The van der Waals surface area contributed by atoms with Crippen molar-refractivity contribution in [2.24, 2.45) is 0 Å². The maximum absolute atomic E-state index is 12.8. The fourth-order valence-electron chi connectivity index (χ4n) is 3.31. The smallest absolute Gasteiger partial charge is 0.259 e. The lowest BCUT2D eigenvalue weighted by atomic mass is 10.0. The monoisotopic (exact) mass is 328 g/mol. The van der Waals surface area contributed by atoms with E-state index in [1.54, 1.807) is 13.8 Å². The van der Waals surface area contributed by atoms with Crippen molar-refractivity contribution in [2.75, 3.05) is 25.0 Å². The lowest BCUT2D eigenvalue weighted by Crippen LogP contribution is -2.49. The van der Waals surface area contributed by atoms with Crippen LogP contribution in [0.1, 0.15) is 40.3 Å². The lowest BCUT2D eigenvalue weighted by Gasteiger charge is -2.38. The first-order valence-corrected chi connectivity index (χ1v) is 8.36. The number of nitrogens with zero attached hydrogens (tertiary/aromatic N) is 4. The Morgan fingerprint density at radius 1 is 1.33 bits per heavy atom. The van der Waals surface area contributed by atoms with Crippen LogP contribution in [-0.2, 0) is 0 Å². The number of rotatable bonds is 3. The van der Waals surface area contributed by atoms with Gasteiger partial charge in [-0.15, -0.1) is 0 Å². The molecule has 128 valence electrons. The van der Waals surface area contributed by atoms with E-state index in [1.165, 1.54) is 0 Å². The van der Waals surface area contributed by atoms with Crippen molar-refractivity contribution >= 4 is 11.7 Å². The van der Waals surface area contributed by atoms with Gasteiger partial charge >= 0.3 is 0 Å². The van der Waals surface area contributed by atoms with Crippen molar-refractivity contribution in [3.63, 3.8) is 0 Å². The highest BCUT2D eigenvalue weighted by molar-refractivity contribution is 5.96. The van der Waals surface area contributed by atoms with Crippen LogP contribution in [0.5, 0.6) is 0 Å². The summed E-state index contributed by atoms with van der Waals surface area (Å²) in [6.45, 7) is 7.35. The molecule has 6 heteroatoms. The Balaban J connectivity index is 1.76. The molecule has 0 bridgehead atoms. The number of likely N-dealkylation sites (N-methyl/N-ethyl adjacent to an activating group) is 1. The molecule has 24 heavy (non-hydrogen) atoms. The third-order valence-corrected chi connectivity index (χ3v) is 4.71. The predicted octanol–water partition coefficient (Wildman–Crippen LogP) is 2.74. The molecule has 3 rings (SSSR count). The number of hydrogen-bond donors (Lipinski definition) is 0. The molecule has 0 spiro atoms. The van der Waals surface area contributed by atoms with Crippen LogP contribution in [0.3, 0.4) is 0 Å². The highest BCUT2D eigenvalue weighted by atomic mass is 16.5. The molecule has 2 aromatic rings. The van der Waals surface area contributed by atoms with Crippen molar-refractivity contribution < 1.29 is 9.32 Å². The van der Waals surface area contributed by atoms with Crippen molar-refractivity contribution in [3.8, 4) is 0 Å². The third kappa shape index (κ3) is 3.13. The fraction of sp³-hybridized carbons (Fsp3) is 0.500. The molecule has 0 N–H and O–H groups in total. The maximum atomic E-state index is 12.8. The zero-order valence-corrected chi connectivity index (χ0v) is 14.7. The number of hydrogen-bond acceptors (Lipinski definition) is 5. The van der Waals surface area contributed by atoms with E-state index in [1.807, 2.05) is 37.1 Å². The number of aromatic nitrogens is 2. The second-order valence-electron chi connectivity index (χ2n) is 6.49. The first-order chi connectivity index (χ1) is 11.5. The Bertz CT molecular complexity index is 721. The van der Waals surface area contributed by atoms with Crippen LogP contribution in [0.4, 0.5) is 5.82 Å². The Morgan fingerprint density at radius 2 is 2.12 bits per heavy atom. The minimum Gasteiger partial charge on any atom is -0.361 e. The van der Waals surface area contributed by atoms with E-state index in [0.717, 1.165) is 37.4 Å². The van der Waals surface area contributed by atoms with E-state index in [9.17, 15) is 4.79 Å². The average Bonchev–Trinajstić information content (AvgIpc) is 2.92. The van der Waals surface area contributed by atoms with E-state index >= 15 is 0 Å². The Kier molecular flexibility index (Phi) is 4.55. The molecule has 2 aromatic heterocycles. The lowest BCUT2D eigenvalue weighted by molar-refractivity contribution is 0.0715. The van der Waals surface area contributed by atoms with Crippen LogP contribution < -0.4 is 4.90 Å². The Labute approximate surface area is 142 Å². The van der Waals surface area contributed by atoms with E-state index in [-0.39, 0.29) is 11.9 Å². The molecule has 3 heterocycles. The molecule has 0 aliphatic carbocycles. The molecular weight excluding hydrogens is 304 g/mol. The van der Waals surface area contributed by atoms with Crippen LogP contribution >= 0.6 is 0 Å². The standard InChI is InChI=1S/C18H24N4O2/c1-12-7-5-9-16(19-12)22-10-6-8-15(11-22)21(4)18(23)17-13(2)20-24-14(17)3/h5,7,9,15H,6,8,10-11H2,1-4H3. The Morgan fingerprint density at radius 3 is 2.79 bits per heavy atom. The van der Waals surface area contributed by atoms with E-state index in [0.29, 0.717) is 17.0 Å². The molecule has 1 unspecified atom stereocenters. The van der Waals surface area contributed by atoms with Gasteiger partial charge in [0.15, 0.2) is 0 Å². The van der Waals surface area contributed by atoms with Gasteiger partial charge in [-0.3, -0.25) is 4.79 Å². The first kappa shape index (κ1) is 16.5. The van der Waals surface area contributed by atoms with E-state index < -0.39 is 0 Å². The molecule has 1 amide bonds. The topological polar surface area (TPSA) is 62.5 Å². The molecule has 0 aromatic carbocycles. The van der Waals surface area contributed by atoms with E-state index in [2.05, 4.69) is 15.0 Å². The third-order valence-electron chi connectivity index (χ3n) is 4.71. The molecule has 1 aliphatic rings. The number of carbonyl (C=O) groups excluding carboxylic acids is 1. The highest BCUT2D eigenvalue weighted by Gasteiger charge is 2.30. The summed E-state index contributed by atoms with van der Waals surface area (Å²) in [6.07, 6.45) is 2.04. The molecule has 0 saturated carbocycles. The molecule has 1 aliphatic heterocycles. The second kappa shape index (κ2) is 6.63. The molecule has 1 fully saturated rings. The quantitative estimate of drug-likeness (QED) is 0.867. The fourth-order valence-corrected chi connectivity index (χ4v) is 3.31. The van der Waals surface area contributed by atoms with Gasteiger partial charge in [0.05, 0.1) is 5.69 Å². The molecule has 6 nitrogen and oxygen atoms in total. The maximum Gasteiger partial charge on any atom is 0.259 e. The van der Waals surface area contributed by atoms with Gasteiger partial charge in [0.1, 0.15) is 17.1 Å². The van der Waals surface area contributed by atoms with Gasteiger partial charge in [-0.2, -0.15) is 0 Å². The van der Waals surface area contributed by atoms with Crippen molar-refractivity contribution in [1.82, 2.24) is 15.0 Å². The highest BCUT2D eigenvalue weighted by Crippen LogP contribution is 2.23. The molecular formula is C18H24N4O2. The minimum absolute atomic E-state index is 0.0182. The SMILES string of the molecule is Cc1cccc(N2CCCC(N(C)C(=O)c3c(C)noc3C)C2)n1. The second-order valence-corrected chi connectivity index (χ2v) is 6.49. The summed E-state index contributed by atoms with van der Waals surface area (Å²) < 4.78 is 5.14. The summed E-state index contributed by atoms with van der Waals surface area (Å²) in [6, 6.07) is 6.21. The summed E-state index contributed by atoms with van der Waals surface area (Å²) in [5, 5.41) is 3.89. The molecule has 0 radical (unpaired) electrons. The summed E-state index contributed by atoms with van der Waals surface area (Å²) >= 11 is 0. The summed E-state index contributed by atoms with van der Waals surface area (Å²) in [5.41, 5.74) is 2.25. The summed E-state index contributed by atoms with van der Waals surface area (Å²) in [7, 11) is 1.87. The summed E-state index contributed by atoms with van der Waals surface area (Å²) in [4.78, 5) is 21.5. The largest absolute Gasteiger partial charge is 0.361 e. The van der Waals surface area contributed by atoms with Crippen LogP contribution in [0.15, 0.2) is 22.7 Å². The van der Waals surface area contributed by atoms with Crippen LogP contribution in [0.25, 0.3) is 0 Å². The van der Waals surface area contributed by atoms with Gasteiger partial charge in [-0.1, -0.05) is 11.2 Å². The van der Waals surface area contributed by atoms with Gasteiger partial charge in [0, 0.05) is 31.9 Å². The number of amides is 1. The number of anilines is 1. The van der Waals surface area contributed by atoms with Crippen molar-refractivity contribution in [1.29, 1.82) is 0 Å². The number of carbonyl (C=O) groups is 1. The predicted molar refractivity (Wildman–Crippen MR) is 92.3 cm³/mol. The van der Waals surface area contributed by atoms with Crippen molar-refractivity contribution in [2.45, 2.75) is 39.7 Å². The van der Waals surface area contributed by atoms with Crippen LogP contribution in [0.2, 0.25) is 0 Å². The summed E-state index contributed by atoms with van der Waals surface area (Å²) in [5.74, 6) is 1.55. The van der Waals surface area contributed by atoms with Gasteiger partial charge in [-0.05, 0) is 45.7 Å². The zero-order valence-electron chi connectivity index (χ0n) is 14.7. The van der Waals surface area contributed by atoms with Gasteiger partial charge in [0.2, 0.25) is 0 Å². The molecule has 1 saturated heterocycles. The van der Waals surface area contributed by atoms with E-state index in [4.69, 9.17) is 4.52 Å². The normalized spacial score (nSPS) is 17.8. The van der Waals surface area contributed by atoms with Crippen LogP contribution in [0, 0.1) is 20.8 Å². The molecule has 1 atom stereocenters. The van der Waals surface area contributed by atoms with Gasteiger partial charge in [0.25, 0.3) is 5.91 Å². The Hall–Kier alpha value is -2.37. The number of piperidine rings is 1. The number of aryl methyl sites for hydroxylation is 3. The average molecular weight is 328 g/mol. The van der Waals surface area contributed by atoms with Crippen LogP contribution in [-0.4, -0.2) is 47.1 Å². The zero-order chi connectivity index (χ0) is 17.3. The number of pyridine rings is 1. The van der Waals surface area contributed by atoms with Gasteiger partial charge < -0.3 is 14.3 Å².